The number of ether oxygens (including phenoxy) is 1. The first-order valence-electron chi connectivity index (χ1n) is 10.4. The largest absolute Gasteiger partial charge is 0.378 e. The van der Waals surface area contributed by atoms with Gasteiger partial charge in [-0.2, -0.15) is 4.98 Å². The first kappa shape index (κ1) is 19.7. The first-order valence-corrected chi connectivity index (χ1v) is 10.4. The van der Waals surface area contributed by atoms with Gasteiger partial charge >= 0.3 is 0 Å². The highest BCUT2D eigenvalue weighted by molar-refractivity contribution is 6.12. The van der Waals surface area contributed by atoms with Gasteiger partial charge in [-0.25, -0.2) is 9.97 Å². The van der Waals surface area contributed by atoms with Crippen LogP contribution in [0, 0.1) is 12.8 Å². The molecule has 3 aliphatic heterocycles. The number of anilines is 4. The number of carbonyl (C=O) groups excluding carboxylic acids is 2. The number of aromatic nitrogens is 3. The number of morpholine rings is 1. The van der Waals surface area contributed by atoms with Gasteiger partial charge in [-0.3, -0.25) is 14.5 Å². The van der Waals surface area contributed by atoms with Crippen molar-refractivity contribution in [3.8, 4) is 0 Å². The minimum absolute atomic E-state index is 0.172. The predicted octanol–water partition coefficient (Wildman–Crippen LogP) is 0.825. The number of fused-ring (bicyclic) bond motifs is 2. The second-order valence-electron chi connectivity index (χ2n) is 8.08. The molecule has 1 unspecified atom stereocenters. The Morgan fingerprint density at radius 1 is 1.23 bits per heavy atom. The number of Topliss-reactive ketones (excluding diaryl/α,β-unsaturated/α-hetero) is 1. The Balaban J connectivity index is 1.59. The summed E-state index contributed by atoms with van der Waals surface area (Å²) < 4.78 is 5.44. The zero-order valence-corrected chi connectivity index (χ0v) is 17.8. The van der Waals surface area contributed by atoms with Crippen LogP contribution < -0.4 is 20.0 Å². The molecule has 3 aliphatic rings. The molecule has 5 heterocycles. The smallest absolute Gasteiger partial charge is 0.242 e. The van der Waals surface area contributed by atoms with Gasteiger partial charge in [-0.1, -0.05) is 6.07 Å². The molecule has 0 radical (unpaired) electrons. The third-order valence-electron chi connectivity index (χ3n) is 6.21. The van der Waals surface area contributed by atoms with Gasteiger partial charge in [0.05, 0.1) is 24.9 Å². The molecule has 1 N–H and O–H groups in total. The molecule has 10 nitrogen and oxygen atoms in total. The molecule has 2 aromatic heterocycles. The molecule has 2 fully saturated rings. The van der Waals surface area contributed by atoms with Crippen LogP contribution in [-0.2, 0) is 14.3 Å². The van der Waals surface area contributed by atoms with E-state index >= 15 is 0 Å². The van der Waals surface area contributed by atoms with Crippen molar-refractivity contribution >= 4 is 35.0 Å². The quantitative estimate of drug-likeness (QED) is 0.719. The first-order chi connectivity index (χ1) is 15.0. The molecule has 0 spiro atoms. The molecular formula is C21H25N7O3. The average molecular weight is 423 g/mol. The van der Waals surface area contributed by atoms with Crippen LogP contribution >= 0.6 is 0 Å². The Bertz CT molecular complexity index is 1030. The number of nitrogens with zero attached hydrogens (tertiary/aromatic N) is 6. The van der Waals surface area contributed by atoms with Crippen LogP contribution in [0.4, 0.5) is 23.3 Å². The van der Waals surface area contributed by atoms with E-state index in [4.69, 9.17) is 14.7 Å². The fourth-order valence-corrected chi connectivity index (χ4v) is 4.68. The summed E-state index contributed by atoms with van der Waals surface area (Å²) in [5.74, 6) is 0.607. The van der Waals surface area contributed by atoms with E-state index in [1.165, 1.54) is 6.92 Å². The summed E-state index contributed by atoms with van der Waals surface area (Å²) in [7, 11) is 1.89. The van der Waals surface area contributed by atoms with Crippen molar-refractivity contribution in [1.29, 1.82) is 0 Å². The summed E-state index contributed by atoms with van der Waals surface area (Å²) in [6, 6.07) is 4.99. The van der Waals surface area contributed by atoms with Gasteiger partial charge in [0.25, 0.3) is 0 Å². The molecule has 162 valence electrons. The summed E-state index contributed by atoms with van der Waals surface area (Å²) in [6.07, 6.45) is 1.19. The zero-order valence-electron chi connectivity index (χ0n) is 17.8. The number of hydrogen-bond donors (Lipinski definition) is 1. The van der Waals surface area contributed by atoms with E-state index in [0.29, 0.717) is 30.8 Å². The normalized spacial score (nSPS) is 25.2. The highest BCUT2D eigenvalue weighted by Crippen LogP contribution is 2.42. The fraction of sp³-hybridized carbons (Fsp3) is 0.476. The van der Waals surface area contributed by atoms with Crippen LogP contribution in [0.25, 0.3) is 0 Å². The van der Waals surface area contributed by atoms with Gasteiger partial charge in [-0.05, 0) is 26.0 Å². The average Bonchev–Trinajstić information content (AvgIpc) is 3.08. The number of likely N-dealkylation sites (N-methyl/N-ethyl adjacent to an activating group) is 1. The standard InChI is InChI=1S/C21H25N7O3/c1-12-16-18(25-21(23-12)27-8-10-31-11-9-27)26(3)17-15(13(2)29)20(30)28(19(17)24-16)14-6-4-5-7-22-14/h4-7,15,17,19,24H,8-11H2,1-3H3/t15?,17-,19+/m0/s1. The maximum atomic E-state index is 13.3. The van der Waals surface area contributed by atoms with Crippen LogP contribution in [0.1, 0.15) is 12.6 Å². The summed E-state index contributed by atoms with van der Waals surface area (Å²) in [6.45, 7) is 6.12. The van der Waals surface area contributed by atoms with Gasteiger partial charge in [0.15, 0.2) is 5.82 Å². The number of aryl methyl sites for hydroxylation is 1. The lowest BCUT2D eigenvalue weighted by molar-refractivity contribution is -0.129. The number of carbonyl (C=O) groups is 2. The lowest BCUT2D eigenvalue weighted by Crippen LogP contribution is -2.54. The van der Waals surface area contributed by atoms with Gasteiger partial charge in [0.1, 0.15) is 29.4 Å². The Hall–Kier alpha value is -3.27. The van der Waals surface area contributed by atoms with E-state index in [0.717, 1.165) is 24.5 Å². The van der Waals surface area contributed by atoms with Crippen LogP contribution in [0.5, 0.6) is 0 Å². The van der Waals surface area contributed by atoms with Crippen molar-refractivity contribution in [3.63, 3.8) is 0 Å². The molecule has 2 saturated heterocycles. The van der Waals surface area contributed by atoms with Crippen molar-refractivity contribution in [3.05, 3.63) is 30.1 Å². The van der Waals surface area contributed by atoms with Crippen LogP contribution in [0.2, 0.25) is 0 Å². The lowest BCUT2D eigenvalue weighted by Gasteiger charge is -2.41. The molecule has 0 bridgehead atoms. The number of nitrogens with one attached hydrogen (secondary N) is 1. The summed E-state index contributed by atoms with van der Waals surface area (Å²) in [5.41, 5.74) is 1.55. The summed E-state index contributed by atoms with van der Waals surface area (Å²) >= 11 is 0. The molecule has 2 aromatic rings. The van der Waals surface area contributed by atoms with Crippen molar-refractivity contribution in [2.24, 2.45) is 5.92 Å². The third kappa shape index (κ3) is 3.09. The van der Waals surface area contributed by atoms with Gasteiger partial charge in [0, 0.05) is 26.3 Å². The molecule has 0 aromatic carbocycles. The fourth-order valence-electron chi connectivity index (χ4n) is 4.68. The lowest BCUT2D eigenvalue weighted by atomic mass is 9.94. The Morgan fingerprint density at radius 2 is 2.00 bits per heavy atom. The van der Waals surface area contributed by atoms with Crippen LogP contribution in [-0.4, -0.2) is 72.2 Å². The Labute approximate surface area is 180 Å². The highest BCUT2D eigenvalue weighted by atomic mass is 16.5. The molecule has 0 saturated carbocycles. The van der Waals surface area contributed by atoms with E-state index < -0.39 is 18.1 Å². The van der Waals surface area contributed by atoms with E-state index in [1.54, 1.807) is 23.2 Å². The second kappa shape index (κ2) is 7.45. The van der Waals surface area contributed by atoms with Crippen molar-refractivity contribution in [1.82, 2.24) is 15.0 Å². The molecule has 1 amide bonds. The van der Waals surface area contributed by atoms with Gasteiger partial charge in [-0.15, -0.1) is 0 Å². The number of rotatable bonds is 3. The molecule has 3 atom stereocenters. The van der Waals surface area contributed by atoms with Crippen molar-refractivity contribution < 1.29 is 14.3 Å². The number of pyridine rings is 1. The van der Waals surface area contributed by atoms with E-state index in [2.05, 4.69) is 15.2 Å². The van der Waals surface area contributed by atoms with Crippen molar-refractivity contribution in [2.45, 2.75) is 26.1 Å². The van der Waals surface area contributed by atoms with E-state index in [-0.39, 0.29) is 11.7 Å². The zero-order chi connectivity index (χ0) is 21.7. The van der Waals surface area contributed by atoms with Gasteiger partial charge < -0.3 is 19.9 Å². The molecule has 5 rings (SSSR count). The molecule has 31 heavy (non-hydrogen) atoms. The summed E-state index contributed by atoms with van der Waals surface area (Å²) in [4.78, 5) is 45.4. The summed E-state index contributed by atoms with van der Waals surface area (Å²) in [5, 5.41) is 3.45. The van der Waals surface area contributed by atoms with E-state index in [1.807, 2.05) is 24.9 Å². The SMILES string of the molecule is CC(=O)C1C(=O)N(c2ccccn2)[C@H]2Nc3c(C)nc(N4CCOCC4)nc3N(C)[C@@H]12. The topological polar surface area (TPSA) is 104 Å². The molecular weight excluding hydrogens is 398 g/mol. The third-order valence-corrected chi connectivity index (χ3v) is 6.21. The number of ketones is 1. The predicted molar refractivity (Wildman–Crippen MR) is 115 cm³/mol. The minimum atomic E-state index is -0.806. The van der Waals surface area contributed by atoms with Gasteiger partial charge in [0.2, 0.25) is 11.9 Å². The minimum Gasteiger partial charge on any atom is -0.378 e. The van der Waals surface area contributed by atoms with E-state index in [9.17, 15) is 9.59 Å². The molecule has 10 heteroatoms. The molecule has 0 aliphatic carbocycles. The highest BCUT2D eigenvalue weighted by Gasteiger charge is 2.56. The second-order valence-corrected chi connectivity index (χ2v) is 8.08. The van der Waals surface area contributed by atoms with Crippen LogP contribution in [0.3, 0.4) is 0 Å². The van der Waals surface area contributed by atoms with Crippen LogP contribution in [0.15, 0.2) is 24.4 Å². The van der Waals surface area contributed by atoms with Crippen molar-refractivity contribution in [2.75, 3.05) is 53.4 Å². The maximum Gasteiger partial charge on any atom is 0.242 e. The maximum absolute atomic E-state index is 13.3. The number of amides is 1. The Morgan fingerprint density at radius 3 is 2.68 bits per heavy atom. The Kier molecular flexibility index (Phi) is 4.73. The number of hydrogen-bond acceptors (Lipinski definition) is 9. The monoisotopic (exact) mass is 423 g/mol.